The van der Waals surface area contributed by atoms with Crippen LogP contribution >= 0.6 is 0 Å². The van der Waals surface area contributed by atoms with Crippen LogP contribution in [0.25, 0.3) is 0 Å². The standard InChI is InChI=1S/C7H7NO4S.C6H15N/c8-13(11,12)6-4-2-1-3-5(6)7(9)10;1-4-7(5-2)6-3/h1-4H,(H,9,10)(H2,8,11,12);4-6H2,1-3H3. The highest BCUT2D eigenvalue weighted by Crippen LogP contribution is 2.12. The highest BCUT2D eigenvalue weighted by Gasteiger charge is 2.17. The van der Waals surface area contributed by atoms with Gasteiger partial charge in [0, 0.05) is 0 Å². The first-order valence-corrected chi connectivity index (χ1v) is 7.89. The number of carboxylic acid groups (broad SMARTS) is 1. The molecule has 0 aliphatic carbocycles. The van der Waals surface area contributed by atoms with E-state index in [1.54, 1.807) is 0 Å². The van der Waals surface area contributed by atoms with E-state index < -0.39 is 16.0 Å². The summed E-state index contributed by atoms with van der Waals surface area (Å²) in [6.45, 7) is 10.1. The van der Waals surface area contributed by atoms with E-state index in [9.17, 15) is 13.2 Å². The number of nitrogens with two attached hydrogens (primary N) is 1. The van der Waals surface area contributed by atoms with Gasteiger partial charge < -0.3 is 10.0 Å². The van der Waals surface area contributed by atoms with Crippen LogP contribution < -0.4 is 5.14 Å². The topological polar surface area (TPSA) is 101 Å². The molecule has 0 aromatic heterocycles. The quantitative estimate of drug-likeness (QED) is 0.855. The Morgan fingerprint density at radius 3 is 1.85 bits per heavy atom. The van der Waals surface area contributed by atoms with Gasteiger partial charge in [-0.3, -0.25) is 0 Å². The predicted octanol–water partition coefficient (Wildman–Crippen LogP) is 1.38. The maximum absolute atomic E-state index is 10.9. The molecule has 20 heavy (non-hydrogen) atoms. The van der Waals surface area contributed by atoms with Crippen molar-refractivity contribution in [3.8, 4) is 0 Å². The lowest BCUT2D eigenvalue weighted by atomic mass is 10.2. The minimum atomic E-state index is -3.96. The third kappa shape index (κ3) is 6.14. The van der Waals surface area contributed by atoms with Crippen LogP contribution in [-0.2, 0) is 10.0 Å². The molecule has 0 aliphatic heterocycles. The number of primary sulfonamides is 1. The van der Waals surface area contributed by atoms with Crippen molar-refractivity contribution in [3.63, 3.8) is 0 Å². The first-order chi connectivity index (χ1) is 9.27. The van der Waals surface area contributed by atoms with Gasteiger partial charge in [0.25, 0.3) is 0 Å². The fourth-order valence-electron chi connectivity index (χ4n) is 1.56. The summed E-state index contributed by atoms with van der Waals surface area (Å²) in [5, 5.41) is 13.4. The summed E-state index contributed by atoms with van der Waals surface area (Å²) in [6.07, 6.45) is 0. The third-order valence-electron chi connectivity index (χ3n) is 2.77. The molecule has 3 N–H and O–H groups in total. The second-order valence-electron chi connectivity index (χ2n) is 3.97. The largest absolute Gasteiger partial charge is 0.478 e. The van der Waals surface area contributed by atoms with Crippen molar-refractivity contribution in [1.29, 1.82) is 0 Å². The van der Waals surface area contributed by atoms with E-state index in [0.717, 1.165) is 6.07 Å². The van der Waals surface area contributed by atoms with Crippen molar-refractivity contribution in [2.75, 3.05) is 19.6 Å². The number of carboxylic acids is 1. The van der Waals surface area contributed by atoms with E-state index in [1.807, 2.05) is 0 Å². The minimum absolute atomic E-state index is 0.315. The van der Waals surface area contributed by atoms with E-state index in [1.165, 1.54) is 37.8 Å². The number of rotatable bonds is 5. The molecule has 0 bridgehead atoms. The monoisotopic (exact) mass is 302 g/mol. The average Bonchev–Trinajstić information content (AvgIpc) is 2.40. The number of aromatic carboxylic acids is 1. The molecule has 0 radical (unpaired) electrons. The molecule has 0 unspecified atom stereocenters. The second kappa shape index (κ2) is 8.68. The fraction of sp³-hybridized carbons (Fsp3) is 0.462. The highest BCUT2D eigenvalue weighted by atomic mass is 32.2. The number of hydrogen-bond donors (Lipinski definition) is 2. The van der Waals surface area contributed by atoms with Crippen LogP contribution in [0.3, 0.4) is 0 Å². The molecule has 0 aliphatic rings. The van der Waals surface area contributed by atoms with Gasteiger partial charge in [-0.25, -0.2) is 18.4 Å². The Morgan fingerprint density at radius 1 is 1.15 bits per heavy atom. The number of nitrogens with zero attached hydrogens (tertiary/aromatic N) is 1. The summed E-state index contributed by atoms with van der Waals surface area (Å²) >= 11 is 0. The summed E-state index contributed by atoms with van der Waals surface area (Å²) in [5.74, 6) is -1.32. The first kappa shape index (κ1) is 18.6. The average molecular weight is 302 g/mol. The predicted molar refractivity (Wildman–Crippen MR) is 78.2 cm³/mol. The van der Waals surface area contributed by atoms with Gasteiger partial charge in [0.15, 0.2) is 0 Å². The van der Waals surface area contributed by atoms with Gasteiger partial charge in [-0.15, -0.1) is 0 Å². The van der Waals surface area contributed by atoms with Crippen LogP contribution in [0.4, 0.5) is 0 Å². The number of hydrogen-bond acceptors (Lipinski definition) is 4. The van der Waals surface area contributed by atoms with E-state index in [2.05, 4.69) is 25.7 Å². The maximum atomic E-state index is 10.9. The van der Waals surface area contributed by atoms with Crippen LogP contribution in [-0.4, -0.2) is 44.0 Å². The number of benzene rings is 1. The molecule has 6 nitrogen and oxygen atoms in total. The van der Waals surface area contributed by atoms with Gasteiger partial charge in [0.1, 0.15) is 0 Å². The Kier molecular flexibility index (Phi) is 8.05. The van der Waals surface area contributed by atoms with Crippen LogP contribution in [0, 0.1) is 0 Å². The second-order valence-corrected chi connectivity index (χ2v) is 5.50. The Labute approximate surface area is 120 Å². The van der Waals surface area contributed by atoms with E-state index in [0.29, 0.717) is 0 Å². The Bertz CT molecular complexity index is 519. The number of carbonyl (C=O) groups is 1. The first-order valence-electron chi connectivity index (χ1n) is 6.35. The van der Waals surface area contributed by atoms with Crippen molar-refractivity contribution < 1.29 is 18.3 Å². The Balaban J connectivity index is 0.000000441. The van der Waals surface area contributed by atoms with Gasteiger partial charge in [-0.2, -0.15) is 0 Å². The van der Waals surface area contributed by atoms with Gasteiger partial charge >= 0.3 is 5.97 Å². The molecule has 0 atom stereocenters. The lowest BCUT2D eigenvalue weighted by Gasteiger charge is -2.13. The molecule has 0 amide bonds. The van der Waals surface area contributed by atoms with Crippen molar-refractivity contribution in [1.82, 2.24) is 4.90 Å². The molecule has 7 heteroatoms. The molecular formula is C13H22N2O4S. The summed E-state index contributed by atoms with van der Waals surface area (Å²) in [6, 6.07) is 5.17. The minimum Gasteiger partial charge on any atom is -0.478 e. The molecule has 1 rings (SSSR count). The maximum Gasteiger partial charge on any atom is 0.337 e. The molecule has 0 saturated heterocycles. The lowest BCUT2D eigenvalue weighted by Crippen LogP contribution is -2.21. The molecule has 0 heterocycles. The van der Waals surface area contributed by atoms with Crippen LogP contribution in [0.2, 0.25) is 0 Å². The summed E-state index contributed by atoms with van der Waals surface area (Å²) in [5.41, 5.74) is -0.315. The molecule has 0 spiro atoms. The van der Waals surface area contributed by atoms with E-state index >= 15 is 0 Å². The van der Waals surface area contributed by atoms with E-state index in [-0.39, 0.29) is 10.5 Å². The molecule has 0 saturated carbocycles. The van der Waals surface area contributed by atoms with Crippen molar-refractivity contribution in [3.05, 3.63) is 29.8 Å². The van der Waals surface area contributed by atoms with Crippen molar-refractivity contribution >= 4 is 16.0 Å². The molecule has 1 aromatic carbocycles. The van der Waals surface area contributed by atoms with Gasteiger partial charge in [0.2, 0.25) is 10.0 Å². The summed E-state index contributed by atoms with van der Waals surface area (Å²) in [4.78, 5) is 12.6. The van der Waals surface area contributed by atoms with Gasteiger partial charge in [-0.1, -0.05) is 32.9 Å². The molecule has 114 valence electrons. The Hall–Kier alpha value is -1.44. The molecular weight excluding hydrogens is 280 g/mol. The fourth-order valence-corrected chi connectivity index (χ4v) is 2.29. The normalized spacial score (nSPS) is 10.8. The zero-order chi connectivity index (χ0) is 15.8. The Morgan fingerprint density at radius 2 is 1.60 bits per heavy atom. The number of sulfonamides is 1. The molecule has 0 fully saturated rings. The van der Waals surface area contributed by atoms with Crippen molar-refractivity contribution in [2.45, 2.75) is 25.7 Å². The van der Waals surface area contributed by atoms with Crippen LogP contribution in [0.15, 0.2) is 29.2 Å². The van der Waals surface area contributed by atoms with Gasteiger partial charge in [-0.05, 0) is 31.8 Å². The molecule has 1 aromatic rings. The highest BCUT2D eigenvalue weighted by molar-refractivity contribution is 7.89. The van der Waals surface area contributed by atoms with E-state index in [4.69, 9.17) is 10.2 Å². The summed E-state index contributed by atoms with van der Waals surface area (Å²) in [7, 11) is -3.96. The van der Waals surface area contributed by atoms with Crippen molar-refractivity contribution in [2.24, 2.45) is 5.14 Å². The zero-order valence-corrected chi connectivity index (χ0v) is 12.9. The van der Waals surface area contributed by atoms with Gasteiger partial charge in [0.05, 0.1) is 10.5 Å². The van der Waals surface area contributed by atoms with Crippen LogP contribution in [0.1, 0.15) is 31.1 Å². The lowest BCUT2D eigenvalue weighted by molar-refractivity contribution is 0.0692. The summed E-state index contributed by atoms with van der Waals surface area (Å²) < 4.78 is 21.7. The zero-order valence-electron chi connectivity index (χ0n) is 12.0. The SMILES string of the molecule is CCN(CC)CC.NS(=O)(=O)c1ccccc1C(=O)O. The third-order valence-corrected chi connectivity index (χ3v) is 3.73. The van der Waals surface area contributed by atoms with Crippen LogP contribution in [0.5, 0.6) is 0 Å². The smallest absolute Gasteiger partial charge is 0.337 e.